The summed E-state index contributed by atoms with van der Waals surface area (Å²) in [7, 11) is 0. The average Bonchev–Trinajstić information content (AvgIpc) is 2.91. The highest BCUT2D eigenvalue weighted by atomic mass is 35.5. The maximum atomic E-state index is 13.3. The minimum absolute atomic E-state index is 0.222. The van der Waals surface area contributed by atoms with E-state index in [-0.39, 0.29) is 11.3 Å². The summed E-state index contributed by atoms with van der Waals surface area (Å²) in [5, 5.41) is 5.34. The summed E-state index contributed by atoms with van der Waals surface area (Å²) < 4.78 is 0. The van der Waals surface area contributed by atoms with E-state index < -0.39 is 11.6 Å². The Morgan fingerprint density at radius 2 is 1.75 bits per heavy atom. The lowest BCUT2D eigenvalue weighted by atomic mass is 9.55. The van der Waals surface area contributed by atoms with E-state index in [1.54, 1.807) is 12.4 Å². The fourth-order valence-corrected chi connectivity index (χ4v) is 5.14. The molecule has 1 aromatic heterocycles. The predicted molar refractivity (Wildman–Crippen MR) is 109 cm³/mol. The quantitative estimate of drug-likeness (QED) is 0.657. The van der Waals surface area contributed by atoms with E-state index in [0.717, 1.165) is 16.3 Å². The first-order valence-electron chi connectivity index (χ1n) is 9.18. The van der Waals surface area contributed by atoms with Crippen LogP contribution in [-0.2, 0) is 10.2 Å². The highest BCUT2D eigenvalue weighted by Crippen LogP contribution is 2.54. The van der Waals surface area contributed by atoms with Gasteiger partial charge in [-0.2, -0.15) is 0 Å². The monoisotopic (exact) mass is 391 g/mol. The first-order valence-corrected chi connectivity index (χ1v) is 9.56. The van der Waals surface area contributed by atoms with E-state index >= 15 is 0 Å². The number of aromatic nitrogens is 1. The van der Waals surface area contributed by atoms with Crippen molar-refractivity contribution in [1.29, 1.82) is 0 Å². The number of carbonyl (C=O) groups excluding carboxylic acids is 2. The Bertz CT molecular complexity index is 1130. The summed E-state index contributed by atoms with van der Waals surface area (Å²) >= 11 is 6.38. The van der Waals surface area contributed by atoms with E-state index in [2.05, 4.69) is 17.2 Å². The van der Waals surface area contributed by atoms with Crippen molar-refractivity contribution in [2.45, 2.75) is 30.7 Å². The van der Waals surface area contributed by atoms with Crippen LogP contribution < -0.4 is 10.2 Å². The Morgan fingerprint density at radius 1 is 1.04 bits per heavy atom. The van der Waals surface area contributed by atoms with E-state index in [9.17, 15) is 9.59 Å². The summed E-state index contributed by atoms with van der Waals surface area (Å²) in [5.74, 6) is -0.222. The molecular weight excluding hydrogens is 374 g/mol. The number of halogens is 1. The molecule has 2 aromatic carbocycles. The van der Waals surface area contributed by atoms with Gasteiger partial charge in [0.1, 0.15) is 5.54 Å². The third kappa shape index (κ3) is 2.29. The molecular formula is C22H18ClN3O2. The number of rotatable bonds is 2. The minimum Gasteiger partial charge on any atom is -0.323 e. The predicted octanol–water partition coefficient (Wildman–Crippen LogP) is 4.43. The molecule has 2 fully saturated rings. The normalized spacial score (nSPS) is 26.6. The molecule has 0 unspecified atom stereocenters. The van der Waals surface area contributed by atoms with Crippen molar-refractivity contribution in [3.63, 3.8) is 0 Å². The third-order valence-corrected chi connectivity index (χ3v) is 6.29. The van der Waals surface area contributed by atoms with Crippen molar-refractivity contribution in [1.82, 2.24) is 10.3 Å². The fourth-order valence-electron chi connectivity index (χ4n) is 4.78. The number of nitrogens with one attached hydrogen (secondary N) is 1. The summed E-state index contributed by atoms with van der Waals surface area (Å²) in [4.78, 5) is 31.6. The second-order valence-electron chi connectivity index (χ2n) is 7.93. The fraction of sp³-hybridized carbons (Fsp3) is 0.227. The smallest absolute Gasteiger partial charge is 0.323 e. The highest BCUT2D eigenvalue weighted by Gasteiger charge is 2.64. The first kappa shape index (κ1) is 17.2. The van der Waals surface area contributed by atoms with Crippen LogP contribution in [0.25, 0.3) is 10.8 Å². The van der Waals surface area contributed by atoms with E-state index in [4.69, 9.17) is 11.6 Å². The molecule has 1 saturated heterocycles. The number of amides is 3. The number of nitrogens with zero attached hydrogens (tertiary/aromatic N) is 2. The van der Waals surface area contributed by atoms with Crippen LogP contribution in [0, 0.1) is 0 Å². The zero-order valence-corrected chi connectivity index (χ0v) is 16.0. The average molecular weight is 392 g/mol. The number of carbonyl (C=O) groups is 2. The molecule has 1 N–H and O–H groups in total. The number of anilines is 1. The van der Waals surface area contributed by atoms with Crippen LogP contribution in [0.2, 0.25) is 5.02 Å². The van der Waals surface area contributed by atoms with E-state index in [1.165, 1.54) is 4.90 Å². The van der Waals surface area contributed by atoms with Crippen LogP contribution in [0.1, 0.15) is 25.3 Å². The third-order valence-electron chi connectivity index (χ3n) is 5.96. The number of fused-ring (bicyclic) bond motifs is 1. The molecule has 1 aliphatic heterocycles. The lowest BCUT2D eigenvalue weighted by molar-refractivity contribution is -0.127. The van der Waals surface area contributed by atoms with Crippen LogP contribution in [0.4, 0.5) is 10.5 Å². The highest BCUT2D eigenvalue weighted by molar-refractivity contribution is 6.31. The summed E-state index contributed by atoms with van der Waals surface area (Å²) in [6.45, 7) is 2.08. The molecule has 1 spiro atoms. The molecule has 1 saturated carbocycles. The summed E-state index contributed by atoms with van der Waals surface area (Å²) in [5.41, 5.74) is 0.384. The van der Waals surface area contributed by atoms with Crippen LogP contribution in [0.15, 0.2) is 60.9 Å². The van der Waals surface area contributed by atoms with Crippen LogP contribution >= 0.6 is 11.6 Å². The molecule has 2 heterocycles. The number of hydrogen-bond donors (Lipinski definition) is 1. The minimum atomic E-state index is -0.887. The molecule has 5 nitrogen and oxygen atoms in total. The van der Waals surface area contributed by atoms with E-state index in [1.807, 2.05) is 48.5 Å². The molecule has 5 rings (SSSR count). The second-order valence-corrected chi connectivity index (χ2v) is 8.33. The topological polar surface area (TPSA) is 62.3 Å². The standard InChI is InChI=1S/C22H18ClN3O2/c1-21(16-8-4-5-9-17(16)23)12-22(13-21)19(27)26(20(28)25-22)18-11-24-10-14-6-2-3-7-15(14)18/h2-11H,12-13H2,1H3,(H,25,28). The number of hydrogen-bond acceptors (Lipinski definition) is 3. The summed E-state index contributed by atoms with van der Waals surface area (Å²) in [6.07, 6.45) is 4.33. The van der Waals surface area contributed by atoms with Gasteiger partial charge in [-0.25, -0.2) is 9.69 Å². The Morgan fingerprint density at radius 3 is 2.54 bits per heavy atom. The van der Waals surface area contributed by atoms with Crippen LogP contribution in [0.5, 0.6) is 0 Å². The number of urea groups is 1. The van der Waals surface area contributed by atoms with Crippen molar-refractivity contribution in [3.05, 3.63) is 71.5 Å². The zero-order chi connectivity index (χ0) is 19.5. The largest absolute Gasteiger partial charge is 0.329 e. The van der Waals surface area contributed by atoms with Gasteiger partial charge in [0.15, 0.2) is 0 Å². The maximum Gasteiger partial charge on any atom is 0.329 e. The molecule has 2 aliphatic rings. The van der Waals surface area contributed by atoms with Gasteiger partial charge in [-0.1, -0.05) is 61.0 Å². The zero-order valence-electron chi connectivity index (χ0n) is 15.3. The number of benzene rings is 2. The van der Waals surface area contributed by atoms with Gasteiger partial charge in [0, 0.05) is 22.0 Å². The van der Waals surface area contributed by atoms with Gasteiger partial charge in [-0.15, -0.1) is 0 Å². The Labute approximate surface area is 167 Å². The van der Waals surface area contributed by atoms with Gasteiger partial charge >= 0.3 is 6.03 Å². The van der Waals surface area contributed by atoms with Crippen molar-refractivity contribution in [3.8, 4) is 0 Å². The van der Waals surface area contributed by atoms with Gasteiger partial charge in [-0.3, -0.25) is 9.78 Å². The number of imide groups is 1. The SMILES string of the molecule is CC1(c2ccccc2Cl)CC2(C1)NC(=O)N(c1cncc3ccccc13)C2=O. The molecule has 0 atom stereocenters. The van der Waals surface area contributed by atoms with Gasteiger partial charge in [0.05, 0.1) is 11.9 Å². The number of pyridine rings is 1. The lowest BCUT2D eigenvalue weighted by Crippen LogP contribution is -2.63. The van der Waals surface area contributed by atoms with Crippen molar-refractivity contribution in [2.24, 2.45) is 0 Å². The van der Waals surface area contributed by atoms with Crippen LogP contribution in [0.3, 0.4) is 0 Å². The van der Waals surface area contributed by atoms with Gasteiger partial charge in [0.2, 0.25) is 0 Å². The summed E-state index contributed by atoms with van der Waals surface area (Å²) in [6, 6.07) is 14.9. The Hall–Kier alpha value is -2.92. The molecule has 1 aliphatic carbocycles. The molecule has 0 radical (unpaired) electrons. The molecule has 3 amide bonds. The van der Waals surface area contributed by atoms with Crippen molar-refractivity contribution >= 4 is 40.0 Å². The van der Waals surface area contributed by atoms with E-state index in [0.29, 0.717) is 23.6 Å². The van der Waals surface area contributed by atoms with Gasteiger partial charge < -0.3 is 5.32 Å². The first-order chi connectivity index (χ1) is 13.4. The second kappa shape index (κ2) is 5.79. The maximum absolute atomic E-state index is 13.3. The van der Waals surface area contributed by atoms with Crippen molar-refractivity contribution < 1.29 is 9.59 Å². The Kier molecular flexibility index (Phi) is 3.55. The van der Waals surface area contributed by atoms with Crippen molar-refractivity contribution in [2.75, 3.05) is 4.90 Å². The molecule has 140 valence electrons. The molecule has 3 aromatic rings. The Balaban J connectivity index is 1.50. The van der Waals surface area contributed by atoms with Crippen LogP contribution in [-0.4, -0.2) is 22.5 Å². The molecule has 6 heteroatoms. The lowest BCUT2D eigenvalue weighted by Gasteiger charge is -2.51. The van der Waals surface area contributed by atoms with Gasteiger partial charge in [0.25, 0.3) is 5.91 Å². The molecule has 28 heavy (non-hydrogen) atoms. The molecule has 0 bridgehead atoms. The van der Waals surface area contributed by atoms with Gasteiger partial charge in [-0.05, 0) is 29.9 Å².